The molecule has 1 aliphatic carbocycles. The van der Waals surface area contributed by atoms with Gasteiger partial charge in [-0.3, -0.25) is 19.7 Å². The van der Waals surface area contributed by atoms with E-state index in [0.717, 1.165) is 82.7 Å². The summed E-state index contributed by atoms with van der Waals surface area (Å²) in [5.41, 5.74) is 9.10. The van der Waals surface area contributed by atoms with Gasteiger partial charge in [-0.25, -0.2) is 0 Å². The number of nitrogens with zero attached hydrogens (tertiary/aromatic N) is 3. The number of benzene rings is 4. The number of amides is 3. The number of piperidine rings is 2. The largest absolute Gasteiger partial charge is 0.508 e. The molecule has 4 fully saturated rings. The van der Waals surface area contributed by atoms with Crippen molar-refractivity contribution in [2.75, 3.05) is 50.8 Å². The Bertz CT molecular complexity index is 2300. The molecule has 0 aromatic heterocycles. The number of likely N-dealkylation sites (tertiary alicyclic amines) is 1. The molecule has 10 heteroatoms. The summed E-state index contributed by atoms with van der Waals surface area (Å²) in [6, 6.07) is 29.4. The Morgan fingerprint density at radius 2 is 1.67 bits per heavy atom. The maximum atomic E-state index is 13.4. The third-order valence-electron chi connectivity index (χ3n) is 14.7. The molecule has 2 N–H and O–H groups in total. The molecular formula is C48H50N4O6. The van der Waals surface area contributed by atoms with Crippen LogP contribution < -0.4 is 15.0 Å². The highest BCUT2D eigenvalue weighted by Gasteiger charge is 2.51. The highest BCUT2D eigenvalue weighted by atomic mass is 16.5. The van der Waals surface area contributed by atoms with Crippen LogP contribution in [0.5, 0.6) is 11.5 Å². The van der Waals surface area contributed by atoms with Crippen molar-refractivity contribution < 1.29 is 29.0 Å². The van der Waals surface area contributed by atoms with E-state index in [4.69, 9.17) is 9.47 Å². The van der Waals surface area contributed by atoms with E-state index >= 15 is 0 Å². The molecule has 10 nitrogen and oxygen atoms in total. The third-order valence-corrected chi connectivity index (χ3v) is 14.7. The molecule has 58 heavy (non-hydrogen) atoms. The lowest BCUT2D eigenvalue weighted by Crippen LogP contribution is -2.61. The molecule has 11 rings (SSSR count). The lowest BCUT2D eigenvalue weighted by atomic mass is 9.69. The lowest BCUT2D eigenvalue weighted by molar-refractivity contribution is -0.136. The fourth-order valence-electron chi connectivity index (χ4n) is 11.7. The van der Waals surface area contributed by atoms with Crippen molar-refractivity contribution in [1.82, 2.24) is 15.1 Å². The summed E-state index contributed by atoms with van der Waals surface area (Å²) in [5, 5.41) is 12.6. The van der Waals surface area contributed by atoms with Crippen molar-refractivity contribution in [2.45, 2.75) is 80.4 Å². The Balaban J connectivity index is 0.705. The zero-order chi connectivity index (χ0) is 39.2. The fraction of sp³-hybridized carbons (Fsp3) is 0.438. The molecule has 6 heterocycles. The van der Waals surface area contributed by atoms with Gasteiger partial charge in [0.15, 0.2) is 0 Å². The number of rotatable bonds is 6. The first-order valence-electron chi connectivity index (χ1n) is 21.3. The van der Waals surface area contributed by atoms with Gasteiger partial charge in [-0.1, -0.05) is 54.6 Å². The topological polar surface area (TPSA) is 112 Å². The summed E-state index contributed by atoms with van der Waals surface area (Å²) < 4.78 is 13.0. The Morgan fingerprint density at radius 1 is 0.862 bits per heavy atom. The number of ether oxygens (including phenoxy) is 2. The number of aromatic hydroxyl groups is 1. The fourth-order valence-corrected chi connectivity index (χ4v) is 11.7. The number of phenols is 1. The Kier molecular flexibility index (Phi) is 8.49. The van der Waals surface area contributed by atoms with Crippen molar-refractivity contribution >= 4 is 23.4 Å². The monoisotopic (exact) mass is 778 g/mol. The van der Waals surface area contributed by atoms with Gasteiger partial charge in [0.2, 0.25) is 11.8 Å². The number of phenolic OH excluding ortho intramolecular Hbond substituents is 1. The standard InChI is InChI=1S/C48H50N4O6/c53-35-11-13-37-33(22-35)8-12-36(31-4-2-1-3-5-31)43(37)32-6-9-34(10-7-32)51-27-48(28-51)23-30(26-58-48)24-50-20-18-47(19-21-50)29-57-44-39-25-52(41-16-17-42(54)49-45(41)55)46(56)38(39)14-15-40(44)47/h1-7,9-11,13-15,22,30,36,41,43,53H,8,12,16-21,23-29H2,(H,49,54,55)/t30-,36-,41+,43+/m1/s1. The van der Waals surface area contributed by atoms with E-state index in [2.05, 4.69) is 81.8 Å². The van der Waals surface area contributed by atoms with Gasteiger partial charge in [0.25, 0.3) is 5.91 Å². The minimum atomic E-state index is -0.628. The average molecular weight is 779 g/mol. The second-order valence-corrected chi connectivity index (χ2v) is 18.2. The van der Waals surface area contributed by atoms with Gasteiger partial charge in [-0.15, -0.1) is 0 Å². The summed E-state index contributed by atoms with van der Waals surface area (Å²) in [6.45, 7) is 6.66. The van der Waals surface area contributed by atoms with E-state index < -0.39 is 6.04 Å². The molecule has 4 atom stereocenters. The SMILES string of the molecule is O=C1CC[C@H](N2Cc3c(ccc4c3OCC43CCN(C[C@@H]4COC5(C4)CN(c4ccc([C@@H]6c7ccc(O)cc7CC[C@@H]6c6ccccc6)cc4)C5)CC3)C2=O)C(=O)N1. The second-order valence-electron chi connectivity index (χ2n) is 18.2. The number of imide groups is 1. The molecule has 298 valence electrons. The van der Waals surface area contributed by atoms with E-state index in [1.54, 1.807) is 4.90 Å². The van der Waals surface area contributed by atoms with E-state index in [-0.39, 0.29) is 41.1 Å². The maximum absolute atomic E-state index is 13.4. The molecular weight excluding hydrogens is 729 g/mol. The maximum Gasteiger partial charge on any atom is 0.255 e. The number of anilines is 1. The number of hydrogen-bond acceptors (Lipinski definition) is 8. The summed E-state index contributed by atoms with van der Waals surface area (Å²) >= 11 is 0. The zero-order valence-electron chi connectivity index (χ0n) is 32.8. The van der Waals surface area contributed by atoms with Crippen LogP contribution >= 0.6 is 0 Å². The highest BCUT2D eigenvalue weighted by molar-refractivity contribution is 6.05. The molecule has 7 aliphatic rings. The van der Waals surface area contributed by atoms with Crippen LogP contribution in [0.15, 0.2) is 84.9 Å². The summed E-state index contributed by atoms with van der Waals surface area (Å²) in [4.78, 5) is 44.4. The van der Waals surface area contributed by atoms with Crippen LogP contribution in [0, 0.1) is 5.92 Å². The number of carbonyl (C=O) groups is 3. The molecule has 0 saturated carbocycles. The van der Waals surface area contributed by atoms with Crippen molar-refractivity contribution in [3.63, 3.8) is 0 Å². The summed E-state index contributed by atoms with van der Waals surface area (Å²) in [6.07, 6.45) is 5.73. The van der Waals surface area contributed by atoms with Crippen molar-refractivity contribution in [2.24, 2.45) is 5.92 Å². The predicted octanol–water partition coefficient (Wildman–Crippen LogP) is 6.04. The first-order valence-corrected chi connectivity index (χ1v) is 21.3. The van der Waals surface area contributed by atoms with Crippen LogP contribution in [-0.4, -0.2) is 90.2 Å². The van der Waals surface area contributed by atoms with Gasteiger partial charge >= 0.3 is 0 Å². The first-order chi connectivity index (χ1) is 28.2. The van der Waals surface area contributed by atoms with Crippen LogP contribution in [-0.2, 0) is 32.7 Å². The Labute approximate surface area is 339 Å². The molecule has 3 amide bonds. The molecule has 2 spiro atoms. The first kappa shape index (κ1) is 35.9. The lowest BCUT2D eigenvalue weighted by Gasteiger charge is -2.49. The predicted molar refractivity (Wildman–Crippen MR) is 218 cm³/mol. The van der Waals surface area contributed by atoms with Crippen molar-refractivity contribution in [3.05, 3.63) is 124 Å². The number of hydrogen-bond donors (Lipinski definition) is 2. The van der Waals surface area contributed by atoms with E-state index in [1.807, 2.05) is 18.2 Å². The smallest absolute Gasteiger partial charge is 0.255 e. The van der Waals surface area contributed by atoms with Crippen LogP contribution in [0.3, 0.4) is 0 Å². The average Bonchev–Trinajstić information content (AvgIpc) is 3.92. The summed E-state index contributed by atoms with van der Waals surface area (Å²) in [7, 11) is 0. The van der Waals surface area contributed by atoms with Crippen LogP contribution in [0.25, 0.3) is 0 Å². The van der Waals surface area contributed by atoms with Gasteiger partial charge in [0, 0.05) is 59.8 Å². The molecule has 0 radical (unpaired) electrons. The highest BCUT2D eigenvalue weighted by Crippen LogP contribution is 2.51. The number of nitrogens with one attached hydrogen (secondary N) is 1. The van der Waals surface area contributed by atoms with Gasteiger partial charge < -0.3 is 29.3 Å². The minimum Gasteiger partial charge on any atom is -0.508 e. The molecule has 4 aromatic rings. The van der Waals surface area contributed by atoms with E-state index in [0.29, 0.717) is 42.7 Å². The molecule has 6 aliphatic heterocycles. The molecule has 4 saturated heterocycles. The normalized spacial score (nSPS) is 26.9. The minimum absolute atomic E-state index is 0.0603. The van der Waals surface area contributed by atoms with Gasteiger partial charge in [-0.05, 0) is 116 Å². The van der Waals surface area contributed by atoms with Crippen LogP contribution in [0.1, 0.15) is 94.1 Å². The third kappa shape index (κ3) is 5.93. The Morgan fingerprint density at radius 3 is 2.47 bits per heavy atom. The quantitative estimate of drug-likeness (QED) is 0.228. The van der Waals surface area contributed by atoms with Crippen molar-refractivity contribution in [3.8, 4) is 11.5 Å². The second kappa shape index (κ2) is 13.7. The van der Waals surface area contributed by atoms with Gasteiger partial charge in [-0.2, -0.15) is 0 Å². The molecule has 0 unspecified atom stereocenters. The molecule has 4 aromatic carbocycles. The summed E-state index contributed by atoms with van der Waals surface area (Å²) in [5.74, 6) is 1.50. The van der Waals surface area contributed by atoms with Crippen molar-refractivity contribution in [1.29, 1.82) is 0 Å². The van der Waals surface area contributed by atoms with E-state index in [1.165, 1.54) is 33.5 Å². The van der Waals surface area contributed by atoms with E-state index in [9.17, 15) is 19.5 Å². The zero-order valence-corrected chi connectivity index (χ0v) is 32.8. The Hall–Kier alpha value is -5.19. The number of aryl methyl sites for hydroxylation is 1. The van der Waals surface area contributed by atoms with Crippen LogP contribution in [0.4, 0.5) is 5.69 Å². The van der Waals surface area contributed by atoms with Gasteiger partial charge in [0.05, 0.1) is 19.8 Å². The number of carbonyl (C=O) groups excluding carboxylic acids is 3. The van der Waals surface area contributed by atoms with Gasteiger partial charge in [0.1, 0.15) is 23.1 Å². The molecule has 0 bridgehead atoms. The number of fused-ring (bicyclic) bond motifs is 5. The van der Waals surface area contributed by atoms with Crippen LogP contribution in [0.2, 0.25) is 0 Å².